The molecule has 6 aromatic rings. The van der Waals surface area contributed by atoms with E-state index in [1.807, 2.05) is 54.6 Å². The Morgan fingerprint density at radius 3 is 1.49 bits per heavy atom. The third-order valence-electron chi connectivity index (χ3n) is 6.00. The lowest BCUT2D eigenvalue weighted by molar-refractivity contribution is 1.07. The lowest BCUT2D eigenvalue weighted by Gasteiger charge is -2.10. The van der Waals surface area contributed by atoms with E-state index in [-0.39, 0.29) is 0 Å². The number of rotatable bonds is 4. The second-order valence-corrected chi connectivity index (χ2v) is 8.75. The Labute approximate surface area is 208 Å². The van der Waals surface area contributed by atoms with Crippen LogP contribution in [0, 0.1) is 0 Å². The van der Waals surface area contributed by atoms with Gasteiger partial charge in [-0.1, -0.05) is 103 Å². The fourth-order valence-corrected chi connectivity index (χ4v) is 4.26. The molecule has 35 heavy (non-hydrogen) atoms. The molecule has 0 aliphatic heterocycles. The molecular formula is C31H20ClN3. The molecule has 0 amide bonds. The maximum atomic E-state index is 6.12. The first-order valence-corrected chi connectivity index (χ1v) is 11.8. The van der Waals surface area contributed by atoms with Crippen molar-refractivity contribution < 1.29 is 0 Å². The molecule has 4 heteroatoms. The first-order chi connectivity index (χ1) is 17.2. The van der Waals surface area contributed by atoms with Crippen molar-refractivity contribution in [1.82, 2.24) is 15.0 Å². The minimum Gasteiger partial charge on any atom is -0.208 e. The maximum absolute atomic E-state index is 6.12. The lowest BCUT2D eigenvalue weighted by Crippen LogP contribution is -2.00. The highest BCUT2D eigenvalue weighted by atomic mass is 35.5. The second-order valence-electron chi connectivity index (χ2n) is 8.32. The van der Waals surface area contributed by atoms with Gasteiger partial charge in [0, 0.05) is 21.7 Å². The summed E-state index contributed by atoms with van der Waals surface area (Å²) >= 11 is 6.12. The minimum absolute atomic E-state index is 0.613. The number of fused-ring (bicyclic) bond motifs is 1. The highest BCUT2D eigenvalue weighted by Crippen LogP contribution is 2.29. The van der Waals surface area contributed by atoms with Gasteiger partial charge in [-0.3, -0.25) is 0 Å². The van der Waals surface area contributed by atoms with Crippen molar-refractivity contribution in [3.05, 3.63) is 126 Å². The van der Waals surface area contributed by atoms with Crippen LogP contribution in [-0.2, 0) is 0 Å². The molecule has 0 radical (unpaired) electrons. The van der Waals surface area contributed by atoms with E-state index in [9.17, 15) is 0 Å². The van der Waals surface area contributed by atoms with Crippen LogP contribution >= 0.6 is 11.6 Å². The van der Waals surface area contributed by atoms with Crippen molar-refractivity contribution in [1.29, 1.82) is 0 Å². The molecule has 0 atom stereocenters. The van der Waals surface area contributed by atoms with Gasteiger partial charge >= 0.3 is 0 Å². The predicted molar refractivity (Wildman–Crippen MR) is 144 cm³/mol. The molecule has 0 saturated carbocycles. The minimum atomic E-state index is 0.613. The van der Waals surface area contributed by atoms with Gasteiger partial charge in [0.1, 0.15) is 0 Å². The van der Waals surface area contributed by atoms with Gasteiger partial charge in [0.25, 0.3) is 0 Å². The van der Waals surface area contributed by atoms with Crippen LogP contribution in [0.3, 0.4) is 0 Å². The van der Waals surface area contributed by atoms with Crippen molar-refractivity contribution >= 4 is 22.4 Å². The van der Waals surface area contributed by atoms with E-state index in [2.05, 4.69) is 66.7 Å². The molecule has 0 fully saturated rings. The van der Waals surface area contributed by atoms with Gasteiger partial charge in [-0.15, -0.1) is 0 Å². The molecule has 0 saturated heterocycles. The fraction of sp³-hybridized carbons (Fsp3) is 0. The van der Waals surface area contributed by atoms with Crippen LogP contribution in [0.2, 0.25) is 5.02 Å². The van der Waals surface area contributed by atoms with Crippen LogP contribution in [0.15, 0.2) is 121 Å². The van der Waals surface area contributed by atoms with E-state index in [4.69, 9.17) is 26.6 Å². The third-order valence-corrected chi connectivity index (χ3v) is 6.25. The average Bonchev–Trinajstić information content (AvgIpc) is 2.93. The van der Waals surface area contributed by atoms with Crippen molar-refractivity contribution in [3.8, 4) is 45.3 Å². The summed E-state index contributed by atoms with van der Waals surface area (Å²) in [5, 5.41) is 3.00. The van der Waals surface area contributed by atoms with Crippen LogP contribution in [0.5, 0.6) is 0 Å². The summed E-state index contributed by atoms with van der Waals surface area (Å²) < 4.78 is 0. The molecule has 1 heterocycles. The molecular weight excluding hydrogens is 450 g/mol. The van der Waals surface area contributed by atoms with Crippen LogP contribution in [0.4, 0.5) is 0 Å². The SMILES string of the molecule is Clc1ccc(-c2nc(-c3ccc(-c4ccccc4)cc3)nc(-c3ccc4ccccc4c3)n2)cc1. The highest BCUT2D eigenvalue weighted by Gasteiger charge is 2.13. The molecule has 0 unspecified atom stereocenters. The maximum Gasteiger partial charge on any atom is 0.164 e. The standard InChI is InChI=1S/C31H20ClN3/c32-28-18-16-25(17-19-28)30-33-29(24-13-10-23(11-14-24)21-6-2-1-3-7-21)34-31(35-30)27-15-12-22-8-4-5-9-26(22)20-27/h1-20H. The summed E-state index contributed by atoms with van der Waals surface area (Å²) in [6, 6.07) is 40.8. The molecule has 166 valence electrons. The lowest BCUT2D eigenvalue weighted by atomic mass is 10.0. The van der Waals surface area contributed by atoms with E-state index >= 15 is 0 Å². The van der Waals surface area contributed by atoms with Gasteiger partial charge in [0.2, 0.25) is 0 Å². The number of benzene rings is 5. The van der Waals surface area contributed by atoms with Gasteiger partial charge in [-0.25, -0.2) is 15.0 Å². The Kier molecular flexibility index (Phi) is 5.53. The molecule has 0 spiro atoms. The largest absolute Gasteiger partial charge is 0.208 e. The van der Waals surface area contributed by atoms with Crippen molar-refractivity contribution in [2.24, 2.45) is 0 Å². The second kappa shape index (κ2) is 9.13. The molecule has 3 nitrogen and oxygen atoms in total. The third kappa shape index (κ3) is 4.42. The van der Waals surface area contributed by atoms with Gasteiger partial charge in [-0.05, 0) is 52.2 Å². The van der Waals surface area contributed by atoms with Crippen LogP contribution in [-0.4, -0.2) is 15.0 Å². The summed E-state index contributed by atoms with van der Waals surface area (Å²) in [7, 11) is 0. The van der Waals surface area contributed by atoms with Gasteiger partial charge in [0.05, 0.1) is 0 Å². The topological polar surface area (TPSA) is 38.7 Å². The fourth-order valence-electron chi connectivity index (χ4n) is 4.13. The first-order valence-electron chi connectivity index (χ1n) is 11.4. The summed E-state index contributed by atoms with van der Waals surface area (Å²) in [6.45, 7) is 0. The Hall–Kier alpha value is -4.34. The van der Waals surface area contributed by atoms with Gasteiger partial charge in [0.15, 0.2) is 17.5 Å². The van der Waals surface area contributed by atoms with Gasteiger partial charge < -0.3 is 0 Å². The van der Waals surface area contributed by atoms with E-state index in [1.165, 1.54) is 10.9 Å². The molecule has 0 N–H and O–H groups in total. The molecule has 0 aliphatic rings. The molecule has 0 aliphatic carbocycles. The van der Waals surface area contributed by atoms with Crippen molar-refractivity contribution in [2.75, 3.05) is 0 Å². The highest BCUT2D eigenvalue weighted by molar-refractivity contribution is 6.30. The van der Waals surface area contributed by atoms with Crippen molar-refractivity contribution in [3.63, 3.8) is 0 Å². The molecule has 5 aromatic carbocycles. The van der Waals surface area contributed by atoms with Crippen LogP contribution in [0.25, 0.3) is 56.1 Å². The monoisotopic (exact) mass is 469 g/mol. The Morgan fingerprint density at radius 1 is 0.371 bits per heavy atom. The number of hydrogen-bond donors (Lipinski definition) is 0. The zero-order valence-electron chi connectivity index (χ0n) is 18.8. The van der Waals surface area contributed by atoms with E-state index in [1.54, 1.807) is 0 Å². The van der Waals surface area contributed by atoms with Gasteiger partial charge in [-0.2, -0.15) is 0 Å². The van der Waals surface area contributed by atoms with Crippen LogP contribution in [0.1, 0.15) is 0 Å². The van der Waals surface area contributed by atoms with E-state index < -0.39 is 0 Å². The number of nitrogens with zero attached hydrogens (tertiary/aromatic N) is 3. The van der Waals surface area contributed by atoms with Crippen LogP contribution < -0.4 is 0 Å². The summed E-state index contributed by atoms with van der Waals surface area (Å²) in [4.78, 5) is 14.5. The zero-order valence-corrected chi connectivity index (χ0v) is 19.5. The Morgan fingerprint density at radius 2 is 0.829 bits per heavy atom. The first kappa shape index (κ1) is 21.2. The molecule has 0 bridgehead atoms. The Balaban J connectivity index is 1.48. The summed E-state index contributed by atoms with van der Waals surface area (Å²) in [6.07, 6.45) is 0. The smallest absolute Gasteiger partial charge is 0.164 e. The summed E-state index contributed by atoms with van der Waals surface area (Å²) in [5.41, 5.74) is 5.10. The summed E-state index contributed by atoms with van der Waals surface area (Å²) in [5.74, 6) is 1.88. The van der Waals surface area contributed by atoms with E-state index in [0.717, 1.165) is 27.6 Å². The average molecular weight is 470 g/mol. The quantitative estimate of drug-likeness (QED) is 0.260. The number of halogens is 1. The predicted octanol–water partition coefficient (Wildman–Crippen LogP) is 8.35. The number of aromatic nitrogens is 3. The normalized spacial score (nSPS) is 11.0. The number of hydrogen-bond acceptors (Lipinski definition) is 3. The van der Waals surface area contributed by atoms with E-state index in [0.29, 0.717) is 22.5 Å². The van der Waals surface area contributed by atoms with Crippen molar-refractivity contribution in [2.45, 2.75) is 0 Å². The molecule has 6 rings (SSSR count). The molecule has 1 aromatic heterocycles. The zero-order chi connectivity index (χ0) is 23.6. The Bertz CT molecular complexity index is 1630.